The fraction of sp³-hybridized carbons (Fsp3) is 0.545. The molecule has 1 aliphatic heterocycles. The van der Waals surface area contributed by atoms with Crippen molar-refractivity contribution in [2.24, 2.45) is 0 Å². The van der Waals surface area contributed by atoms with Crippen LogP contribution < -0.4 is 5.73 Å². The van der Waals surface area contributed by atoms with Gasteiger partial charge in [-0.05, 0) is 19.8 Å². The predicted molar refractivity (Wildman–Crippen MR) is 64.7 cm³/mol. The van der Waals surface area contributed by atoms with Crippen molar-refractivity contribution in [3.63, 3.8) is 0 Å². The number of nitrogens with zero attached hydrogens (tertiary/aromatic N) is 4. The van der Waals surface area contributed by atoms with Crippen LogP contribution in [-0.4, -0.2) is 37.3 Å². The number of aliphatic hydroxyl groups is 1. The lowest BCUT2D eigenvalue weighted by Gasteiger charge is -2.13. The lowest BCUT2D eigenvalue weighted by Crippen LogP contribution is -2.14. The first kappa shape index (κ1) is 11.4. The van der Waals surface area contributed by atoms with Crippen molar-refractivity contribution in [2.75, 3.05) is 12.3 Å². The van der Waals surface area contributed by atoms with E-state index in [0.29, 0.717) is 22.8 Å². The monoisotopic (exact) mass is 249 g/mol. The Balaban J connectivity index is 2.03. The Morgan fingerprint density at radius 1 is 1.50 bits per heavy atom. The second-order valence-electron chi connectivity index (χ2n) is 4.45. The van der Waals surface area contributed by atoms with Gasteiger partial charge in [-0.3, -0.25) is 4.57 Å². The molecule has 3 rings (SSSR count). The first-order valence-corrected chi connectivity index (χ1v) is 5.92. The Morgan fingerprint density at radius 2 is 2.33 bits per heavy atom. The van der Waals surface area contributed by atoms with E-state index in [2.05, 4.69) is 15.0 Å². The zero-order valence-electron chi connectivity index (χ0n) is 10.1. The summed E-state index contributed by atoms with van der Waals surface area (Å²) in [6.07, 6.45) is 3.09. The summed E-state index contributed by atoms with van der Waals surface area (Å²) in [4.78, 5) is 12.7. The highest BCUT2D eigenvalue weighted by Gasteiger charge is 2.27. The number of imidazole rings is 1. The van der Waals surface area contributed by atoms with Gasteiger partial charge in [0.05, 0.1) is 19.0 Å². The number of hydrogen-bond donors (Lipinski definition) is 2. The first-order chi connectivity index (χ1) is 8.69. The number of hydrogen-bond acceptors (Lipinski definition) is 6. The van der Waals surface area contributed by atoms with E-state index in [9.17, 15) is 0 Å². The highest BCUT2D eigenvalue weighted by Crippen LogP contribution is 2.30. The molecular weight excluding hydrogens is 234 g/mol. The number of anilines is 1. The number of aryl methyl sites for hydroxylation is 1. The summed E-state index contributed by atoms with van der Waals surface area (Å²) in [5.74, 6) is 0.992. The van der Waals surface area contributed by atoms with Crippen molar-refractivity contribution >= 4 is 17.0 Å². The molecule has 1 unspecified atom stereocenters. The molecule has 0 aromatic carbocycles. The SMILES string of the molecule is Cc1nc(N)c2ncn(C3CC[C@@H](CO)O3)c2n1. The van der Waals surface area contributed by atoms with E-state index in [1.807, 2.05) is 4.57 Å². The van der Waals surface area contributed by atoms with Gasteiger partial charge in [-0.15, -0.1) is 0 Å². The van der Waals surface area contributed by atoms with Gasteiger partial charge in [-0.25, -0.2) is 15.0 Å². The van der Waals surface area contributed by atoms with Gasteiger partial charge in [-0.1, -0.05) is 0 Å². The van der Waals surface area contributed by atoms with Crippen molar-refractivity contribution in [1.29, 1.82) is 0 Å². The van der Waals surface area contributed by atoms with Gasteiger partial charge >= 0.3 is 0 Å². The fourth-order valence-corrected chi connectivity index (χ4v) is 2.29. The van der Waals surface area contributed by atoms with Gasteiger partial charge < -0.3 is 15.6 Å². The maximum Gasteiger partial charge on any atom is 0.167 e. The summed E-state index contributed by atoms with van der Waals surface area (Å²) < 4.78 is 7.57. The number of aromatic nitrogens is 4. The maximum atomic E-state index is 9.09. The molecule has 0 amide bonds. The van der Waals surface area contributed by atoms with E-state index in [4.69, 9.17) is 15.6 Å². The Labute approximate surface area is 104 Å². The highest BCUT2D eigenvalue weighted by molar-refractivity contribution is 5.81. The molecule has 18 heavy (non-hydrogen) atoms. The molecule has 96 valence electrons. The second-order valence-corrected chi connectivity index (χ2v) is 4.45. The lowest BCUT2D eigenvalue weighted by atomic mass is 10.2. The van der Waals surface area contributed by atoms with Crippen LogP contribution in [0.4, 0.5) is 5.82 Å². The van der Waals surface area contributed by atoms with Crippen molar-refractivity contribution in [1.82, 2.24) is 19.5 Å². The molecule has 3 heterocycles. The number of nitrogen functional groups attached to an aromatic ring is 1. The van der Waals surface area contributed by atoms with Gasteiger partial charge in [0.2, 0.25) is 0 Å². The van der Waals surface area contributed by atoms with E-state index in [0.717, 1.165) is 12.8 Å². The zero-order valence-corrected chi connectivity index (χ0v) is 10.1. The van der Waals surface area contributed by atoms with Crippen molar-refractivity contribution in [2.45, 2.75) is 32.1 Å². The summed E-state index contributed by atoms with van der Waals surface area (Å²) in [6, 6.07) is 0. The van der Waals surface area contributed by atoms with Crippen LogP contribution >= 0.6 is 0 Å². The van der Waals surface area contributed by atoms with Gasteiger partial charge in [-0.2, -0.15) is 0 Å². The average Bonchev–Trinajstić information content (AvgIpc) is 2.93. The van der Waals surface area contributed by atoms with Crippen LogP contribution in [0.25, 0.3) is 11.2 Å². The van der Waals surface area contributed by atoms with Crippen LogP contribution in [0, 0.1) is 6.92 Å². The Bertz CT molecular complexity index is 582. The van der Waals surface area contributed by atoms with Gasteiger partial charge in [0.25, 0.3) is 0 Å². The number of fused-ring (bicyclic) bond motifs is 1. The lowest BCUT2D eigenvalue weighted by molar-refractivity contribution is -0.0207. The Hall–Kier alpha value is -1.73. The number of nitrogens with two attached hydrogens (primary N) is 1. The van der Waals surface area contributed by atoms with Crippen molar-refractivity contribution < 1.29 is 9.84 Å². The molecule has 2 atom stereocenters. The fourth-order valence-electron chi connectivity index (χ4n) is 2.29. The van der Waals surface area contributed by atoms with Crippen LogP contribution in [0.15, 0.2) is 6.33 Å². The maximum absolute atomic E-state index is 9.09. The molecule has 3 N–H and O–H groups in total. The van der Waals surface area contributed by atoms with E-state index in [1.165, 1.54) is 0 Å². The van der Waals surface area contributed by atoms with E-state index < -0.39 is 0 Å². The summed E-state index contributed by atoms with van der Waals surface area (Å²) >= 11 is 0. The third kappa shape index (κ3) is 1.72. The molecule has 7 heteroatoms. The third-order valence-corrected chi connectivity index (χ3v) is 3.16. The molecular formula is C11H15N5O2. The third-order valence-electron chi connectivity index (χ3n) is 3.16. The predicted octanol–water partition coefficient (Wildman–Crippen LogP) is 0.387. The molecule has 1 saturated heterocycles. The molecule has 2 aromatic heterocycles. The average molecular weight is 249 g/mol. The van der Waals surface area contributed by atoms with Gasteiger partial charge in [0.15, 0.2) is 11.5 Å². The minimum atomic E-state index is -0.138. The largest absolute Gasteiger partial charge is 0.394 e. The van der Waals surface area contributed by atoms with Gasteiger partial charge in [0, 0.05) is 0 Å². The molecule has 0 aliphatic carbocycles. The molecule has 0 saturated carbocycles. The molecule has 0 spiro atoms. The normalized spacial score (nSPS) is 23.9. The van der Waals surface area contributed by atoms with Crippen LogP contribution in [0.5, 0.6) is 0 Å². The van der Waals surface area contributed by atoms with Crippen LogP contribution in [0.1, 0.15) is 24.9 Å². The number of aliphatic hydroxyl groups excluding tert-OH is 1. The molecule has 7 nitrogen and oxygen atoms in total. The molecule has 1 aliphatic rings. The standard InChI is InChI=1S/C11H15N5O2/c1-6-14-10(12)9-11(15-6)16(5-13-9)8-3-2-7(4-17)18-8/h5,7-8,17H,2-4H2,1H3,(H2,12,14,15)/t7-,8?/m0/s1. The Kier molecular flexibility index (Phi) is 2.64. The summed E-state index contributed by atoms with van der Waals surface area (Å²) in [5.41, 5.74) is 7.09. The summed E-state index contributed by atoms with van der Waals surface area (Å²) in [7, 11) is 0. The number of rotatable bonds is 2. The molecule has 1 fully saturated rings. The smallest absolute Gasteiger partial charge is 0.167 e. The minimum Gasteiger partial charge on any atom is -0.394 e. The molecule has 0 bridgehead atoms. The van der Waals surface area contributed by atoms with Crippen LogP contribution in [0.3, 0.4) is 0 Å². The summed E-state index contributed by atoms with van der Waals surface area (Å²) in [6.45, 7) is 1.83. The van der Waals surface area contributed by atoms with Gasteiger partial charge in [0.1, 0.15) is 17.6 Å². The Morgan fingerprint density at radius 3 is 3.06 bits per heavy atom. The van der Waals surface area contributed by atoms with Crippen LogP contribution in [0.2, 0.25) is 0 Å². The van der Waals surface area contributed by atoms with E-state index in [-0.39, 0.29) is 18.9 Å². The molecule has 0 radical (unpaired) electrons. The topological polar surface area (TPSA) is 99.1 Å². The quantitative estimate of drug-likeness (QED) is 0.798. The summed E-state index contributed by atoms with van der Waals surface area (Å²) in [5, 5.41) is 9.09. The zero-order chi connectivity index (χ0) is 12.7. The van der Waals surface area contributed by atoms with Crippen molar-refractivity contribution in [3.05, 3.63) is 12.2 Å². The van der Waals surface area contributed by atoms with E-state index >= 15 is 0 Å². The number of ether oxygens (including phenoxy) is 1. The molecule has 2 aromatic rings. The highest BCUT2D eigenvalue weighted by atomic mass is 16.5. The minimum absolute atomic E-state index is 0.0410. The second kappa shape index (κ2) is 4.18. The van der Waals surface area contributed by atoms with Crippen molar-refractivity contribution in [3.8, 4) is 0 Å². The first-order valence-electron chi connectivity index (χ1n) is 5.92. The van der Waals surface area contributed by atoms with E-state index in [1.54, 1.807) is 13.3 Å². The van der Waals surface area contributed by atoms with Crippen LogP contribution in [-0.2, 0) is 4.74 Å².